The number of aryl methyl sites for hydroxylation is 2. The van der Waals surface area contributed by atoms with E-state index < -0.39 is 28.5 Å². The number of fused-ring (bicyclic) bond motifs is 6. The van der Waals surface area contributed by atoms with Crippen LogP contribution >= 0.6 is 0 Å². The molecule has 242 valence electrons. The van der Waals surface area contributed by atoms with Crippen molar-refractivity contribution >= 4 is 33.6 Å². The number of ether oxygens (including phenoxy) is 1. The fourth-order valence-corrected chi connectivity index (χ4v) is 7.06. The van der Waals surface area contributed by atoms with Crippen LogP contribution in [0.3, 0.4) is 0 Å². The van der Waals surface area contributed by atoms with Crippen molar-refractivity contribution in [2.75, 3.05) is 24.6 Å². The highest BCUT2D eigenvalue weighted by Gasteiger charge is 2.41. The number of hydrogen-bond donors (Lipinski definition) is 1. The van der Waals surface area contributed by atoms with E-state index in [0.717, 1.165) is 0 Å². The van der Waals surface area contributed by atoms with Gasteiger partial charge in [0.1, 0.15) is 12.4 Å². The first kappa shape index (κ1) is 30.4. The second-order valence-electron chi connectivity index (χ2n) is 12.6. The first-order valence-electron chi connectivity index (χ1n) is 15.4. The number of amides is 1. The Labute approximate surface area is 267 Å². The lowest BCUT2D eigenvalue weighted by atomic mass is 9.94. The highest BCUT2D eigenvalue weighted by molar-refractivity contribution is 6.02. The molecule has 2 aliphatic rings. The number of pyridine rings is 2. The van der Waals surface area contributed by atoms with Gasteiger partial charge in [-0.1, -0.05) is 26.5 Å². The third-order valence-electron chi connectivity index (χ3n) is 9.26. The van der Waals surface area contributed by atoms with E-state index in [-0.39, 0.29) is 76.1 Å². The number of anilines is 1. The molecule has 2 unspecified atom stereocenters. The van der Waals surface area contributed by atoms with E-state index in [4.69, 9.17) is 9.15 Å². The molecule has 1 saturated heterocycles. The number of nitrogens with zero attached hydrogens (tertiary/aromatic N) is 4. The van der Waals surface area contributed by atoms with Crippen LogP contribution in [0, 0.1) is 25.5 Å². The molecule has 10 nitrogen and oxygen atoms in total. The summed E-state index contributed by atoms with van der Waals surface area (Å²) in [5.74, 6) is -3.11. The van der Waals surface area contributed by atoms with Crippen LogP contribution in [0.4, 0.5) is 14.5 Å². The number of H-pyrrole nitrogens is 1. The largest absolute Gasteiger partial charge is 0.484 e. The summed E-state index contributed by atoms with van der Waals surface area (Å²) in [6, 6.07) is 5.50. The van der Waals surface area contributed by atoms with E-state index in [1.54, 1.807) is 43.1 Å². The number of rotatable bonds is 4. The molecule has 0 aliphatic carbocycles. The van der Waals surface area contributed by atoms with Crippen molar-refractivity contribution in [3.63, 3.8) is 0 Å². The van der Waals surface area contributed by atoms with Crippen molar-refractivity contribution in [1.29, 1.82) is 0 Å². The molecule has 7 rings (SSSR count). The number of aromatic nitrogens is 3. The van der Waals surface area contributed by atoms with Gasteiger partial charge in [0.25, 0.3) is 5.56 Å². The number of halogens is 2. The predicted octanol–water partition coefficient (Wildman–Crippen LogP) is 5.49. The van der Waals surface area contributed by atoms with Gasteiger partial charge in [-0.25, -0.2) is 13.6 Å². The predicted molar refractivity (Wildman–Crippen MR) is 175 cm³/mol. The van der Waals surface area contributed by atoms with E-state index in [9.17, 15) is 14.4 Å². The lowest BCUT2D eigenvalue weighted by molar-refractivity contribution is -0.129. The molecular weight excluding hydrogens is 608 g/mol. The molecule has 2 atom stereocenters. The third-order valence-corrected chi connectivity index (χ3v) is 9.26. The van der Waals surface area contributed by atoms with Gasteiger partial charge in [0.05, 0.1) is 39.7 Å². The first-order chi connectivity index (χ1) is 22.4. The fraction of sp³-hybridized carbons (Fsp3) is 0.314. The topological polar surface area (TPSA) is 114 Å². The minimum atomic E-state index is -1.01. The van der Waals surface area contributed by atoms with Crippen molar-refractivity contribution in [1.82, 2.24) is 19.4 Å². The SMILES string of the molecule is C=CC(=O)N1CC2COc3c(c4cc(F)c(-c5c(C)ccc6[nH]c(=O)oc56)c(F)c4n(-c4c(C)ccnc4C(C)C)c3=O)N2CC1C. The molecule has 0 spiro atoms. The van der Waals surface area contributed by atoms with Crippen LogP contribution in [0.15, 0.2) is 57.1 Å². The van der Waals surface area contributed by atoms with Crippen molar-refractivity contribution in [2.24, 2.45) is 0 Å². The molecule has 12 heteroatoms. The number of benzene rings is 2. The molecule has 1 N–H and O–H groups in total. The molecule has 2 aliphatic heterocycles. The fourth-order valence-electron chi connectivity index (χ4n) is 7.06. The highest BCUT2D eigenvalue weighted by atomic mass is 19.1. The normalized spacial score (nSPS) is 17.6. The second-order valence-corrected chi connectivity index (χ2v) is 12.6. The summed E-state index contributed by atoms with van der Waals surface area (Å²) in [4.78, 5) is 50.2. The average Bonchev–Trinajstić information content (AvgIpc) is 3.42. The maximum Gasteiger partial charge on any atom is 0.417 e. The summed E-state index contributed by atoms with van der Waals surface area (Å²) in [7, 11) is 0. The van der Waals surface area contributed by atoms with Crippen molar-refractivity contribution in [2.45, 2.75) is 52.6 Å². The van der Waals surface area contributed by atoms with Crippen LogP contribution in [-0.4, -0.2) is 57.1 Å². The quantitative estimate of drug-likeness (QED) is 0.258. The average molecular weight is 642 g/mol. The Kier molecular flexibility index (Phi) is 7.07. The number of nitrogens with one attached hydrogen (secondary N) is 1. The summed E-state index contributed by atoms with van der Waals surface area (Å²) in [6.45, 7) is 13.4. The summed E-state index contributed by atoms with van der Waals surface area (Å²) < 4.78 is 46.9. The molecule has 5 aromatic rings. The van der Waals surface area contributed by atoms with Gasteiger partial charge in [-0.05, 0) is 62.1 Å². The lowest BCUT2D eigenvalue weighted by Gasteiger charge is -2.48. The van der Waals surface area contributed by atoms with Gasteiger partial charge in [0.15, 0.2) is 11.4 Å². The van der Waals surface area contributed by atoms with Gasteiger partial charge < -0.3 is 19.0 Å². The van der Waals surface area contributed by atoms with Crippen molar-refractivity contribution in [3.05, 3.63) is 92.5 Å². The number of hydrogen-bond acceptors (Lipinski definition) is 7. The van der Waals surface area contributed by atoms with Gasteiger partial charge in [-0.15, -0.1) is 0 Å². The molecule has 1 amide bonds. The molecule has 2 aromatic carbocycles. The Morgan fingerprint density at radius 1 is 1.11 bits per heavy atom. The van der Waals surface area contributed by atoms with Crippen LogP contribution in [0.25, 0.3) is 38.8 Å². The molecule has 0 bridgehead atoms. The van der Waals surface area contributed by atoms with Crippen LogP contribution in [0.2, 0.25) is 0 Å². The Hall–Kier alpha value is -5.26. The standard InChI is InChI=1S/C35H33F2N5O5/c1-7-24(43)40-14-20-15-46-33-31(41(20)13-19(40)6)21-12-22(36)26(25-17(4)8-9-23-32(25)47-35(45)39-23)27(37)30(21)42(34(33)44)29-18(5)10-11-38-28(29)16(2)3/h7-12,16,19-20H,1,13-15H2,2-6H3,(H,39,45). The smallest absolute Gasteiger partial charge is 0.417 e. The number of oxazole rings is 1. The summed E-state index contributed by atoms with van der Waals surface area (Å²) in [5, 5.41) is 0.122. The minimum Gasteiger partial charge on any atom is -0.484 e. The molecule has 5 heterocycles. The Balaban J connectivity index is 1.62. The van der Waals surface area contributed by atoms with Crippen LogP contribution in [-0.2, 0) is 4.79 Å². The Morgan fingerprint density at radius 2 is 1.87 bits per heavy atom. The zero-order valence-electron chi connectivity index (χ0n) is 26.6. The van der Waals surface area contributed by atoms with Crippen LogP contribution in [0.5, 0.6) is 5.75 Å². The lowest BCUT2D eigenvalue weighted by Crippen LogP contribution is -2.62. The number of piperazine rings is 1. The zero-order valence-corrected chi connectivity index (χ0v) is 26.6. The van der Waals surface area contributed by atoms with E-state index in [1.807, 2.05) is 25.7 Å². The van der Waals surface area contributed by atoms with Gasteiger partial charge in [-0.2, -0.15) is 0 Å². The van der Waals surface area contributed by atoms with Crippen molar-refractivity contribution in [3.8, 4) is 22.6 Å². The molecule has 0 saturated carbocycles. The number of carbonyl (C=O) groups excluding carboxylic acids is 1. The maximum absolute atomic E-state index is 17.5. The number of carbonyl (C=O) groups is 1. The molecule has 1 fully saturated rings. The summed E-state index contributed by atoms with van der Waals surface area (Å²) in [6.07, 6.45) is 2.88. The van der Waals surface area contributed by atoms with E-state index >= 15 is 8.78 Å². The highest BCUT2D eigenvalue weighted by Crippen LogP contribution is 2.45. The molecular formula is C35H33F2N5O5. The molecule has 0 radical (unpaired) electrons. The Bertz CT molecular complexity index is 2270. The van der Waals surface area contributed by atoms with E-state index in [1.165, 1.54) is 16.7 Å². The third kappa shape index (κ3) is 4.49. The summed E-state index contributed by atoms with van der Waals surface area (Å²) in [5.41, 5.74) is 1.41. The zero-order chi connectivity index (χ0) is 33.5. The van der Waals surface area contributed by atoms with Gasteiger partial charge in [0, 0.05) is 36.3 Å². The first-order valence-corrected chi connectivity index (χ1v) is 15.4. The van der Waals surface area contributed by atoms with Gasteiger partial charge >= 0.3 is 5.76 Å². The second kappa shape index (κ2) is 10.9. The maximum atomic E-state index is 17.5. The monoisotopic (exact) mass is 641 g/mol. The molecule has 47 heavy (non-hydrogen) atoms. The van der Waals surface area contributed by atoms with Gasteiger partial charge in [-0.3, -0.25) is 24.1 Å². The Morgan fingerprint density at radius 3 is 2.60 bits per heavy atom. The van der Waals surface area contributed by atoms with Gasteiger partial charge in [0.2, 0.25) is 11.7 Å². The molecule has 3 aromatic heterocycles. The van der Waals surface area contributed by atoms with Crippen LogP contribution < -0.4 is 21.0 Å². The van der Waals surface area contributed by atoms with E-state index in [0.29, 0.717) is 29.1 Å². The number of aromatic amines is 1. The minimum absolute atomic E-state index is 0.000311. The van der Waals surface area contributed by atoms with E-state index in [2.05, 4.69) is 16.5 Å². The van der Waals surface area contributed by atoms with Crippen LogP contribution in [0.1, 0.15) is 43.5 Å². The van der Waals surface area contributed by atoms with Crippen molar-refractivity contribution < 1.29 is 22.7 Å². The summed E-state index contributed by atoms with van der Waals surface area (Å²) >= 11 is 0.